The Kier molecular flexibility index (Phi) is 6.51. The summed E-state index contributed by atoms with van der Waals surface area (Å²) in [5, 5.41) is 10.2. The van der Waals surface area contributed by atoms with Gasteiger partial charge in [-0.2, -0.15) is 0 Å². The van der Waals surface area contributed by atoms with Crippen LogP contribution in [0.2, 0.25) is 0 Å². The maximum absolute atomic E-state index is 12.3. The summed E-state index contributed by atoms with van der Waals surface area (Å²) in [6.45, 7) is 2.52. The Hall–Kier alpha value is -2.62. The van der Waals surface area contributed by atoms with Crippen LogP contribution in [0, 0.1) is 0 Å². The monoisotopic (exact) mass is 443 g/mol. The molecule has 1 N–H and O–H groups in total. The quantitative estimate of drug-likeness (QED) is 0.462. The molecule has 1 aliphatic rings. The van der Waals surface area contributed by atoms with Gasteiger partial charge in [-0.3, -0.25) is 9.79 Å². The van der Waals surface area contributed by atoms with Gasteiger partial charge in [0, 0.05) is 24.9 Å². The number of ether oxygens (including phenoxy) is 2. The van der Waals surface area contributed by atoms with E-state index in [4.69, 9.17) is 9.47 Å². The number of amides is 1. The SMILES string of the molecule is COc1cccc(C=Nc2ccc3nc(SCC(=O)N4CCOCC4)sc3c2)c1O. The molecule has 1 saturated heterocycles. The molecule has 0 saturated carbocycles. The van der Waals surface area contributed by atoms with Crippen molar-refractivity contribution in [2.75, 3.05) is 39.2 Å². The molecule has 2 heterocycles. The highest BCUT2D eigenvalue weighted by atomic mass is 32.2. The van der Waals surface area contributed by atoms with Gasteiger partial charge in [-0.05, 0) is 30.3 Å². The van der Waals surface area contributed by atoms with Gasteiger partial charge in [0.2, 0.25) is 5.91 Å². The second-order valence-electron chi connectivity index (χ2n) is 6.57. The molecule has 1 aliphatic heterocycles. The maximum atomic E-state index is 12.3. The Morgan fingerprint density at radius 1 is 1.37 bits per heavy atom. The minimum absolute atomic E-state index is 0.0613. The van der Waals surface area contributed by atoms with Gasteiger partial charge in [-0.15, -0.1) is 11.3 Å². The highest BCUT2D eigenvalue weighted by Crippen LogP contribution is 2.33. The molecule has 30 heavy (non-hydrogen) atoms. The molecular weight excluding hydrogens is 422 g/mol. The van der Waals surface area contributed by atoms with Crippen LogP contribution in [0.15, 0.2) is 45.7 Å². The lowest BCUT2D eigenvalue weighted by Gasteiger charge is -2.26. The minimum atomic E-state index is 0.0613. The predicted molar refractivity (Wildman–Crippen MR) is 120 cm³/mol. The third-order valence-electron chi connectivity index (χ3n) is 4.64. The number of aromatic nitrogens is 1. The van der Waals surface area contributed by atoms with Crippen molar-refractivity contribution in [3.05, 3.63) is 42.0 Å². The van der Waals surface area contributed by atoms with Crippen LogP contribution in [-0.2, 0) is 9.53 Å². The predicted octanol–water partition coefficient (Wildman–Crippen LogP) is 3.71. The summed E-state index contributed by atoms with van der Waals surface area (Å²) in [7, 11) is 1.51. The van der Waals surface area contributed by atoms with Gasteiger partial charge in [0.1, 0.15) is 0 Å². The Bertz CT molecular complexity index is 1080. The number of thiazole rings is 1. The van der Waals surface area contributed by atoms with Crippen LogP contribution < -0.4 is 4.74 Å². The molecule has 0 radical (unpaired) electrons. The van der Waals surface area contributed by atoms with E-state index < -0.39 is 0 Å². The number of phenols is 1. The third kappa shape index (κ3) is 4.75. The maximum Gasteiger partial charge on any atom is 0.233 e. The number of phenolic OH excluding ortho intramolecular Hbond substituents is 1. The van der Waals surface area contributed by atoms with Gasteiger partial charge >= 0.3 is 0 Å². The normalized spacial score (nSPS) is 14.5. The molecular formula is C21H21N3O4S2. The van der Waals surface area contributed by atoms with Crippen LogP contribution in [0.4, 0.5) is 5.69 Å². The van der Waals surface area contributed by atoms with Crippen molar-refractivity contribution < 1.29 is 19.4 Å². The molecule has 9 heteroatoms. The Morgan fingerprint density at radius 2 is 2.20 bits per heavy atom. The van der Waals surface area contributed by atoms with Gasteiger partial charge in [-0.25, -0.2) is 4.98 Å². The number of carbonyl (C=O) groups excluding carboxylic acids is 1. The number of methoxy groups -OCH3 is 1. The van der Waals surface area contributed by atoms with E-state index in [-0.39, 0.29) is 11.7 Å². The summed E-state index contributed by atoms with van der Waals surface area (Å²) in [5.74, 6) is 0.960. The second kappa shape index (κ2) is 9.46. The smallest absolute Gasteiger partial charge is 0.233 e. The van der Waals surface area contributed by atoms with Crippen molar-refractivity contribution >= 4 is 51.1 Å². The van der Waals surface area contributed by atoms with E-state index in [1.165, 1.54) is 18.9 Å². The zero-order valence-corrected chi connectivity index (χ0v) is 18.0. The number of morpholine rings is 1. The van der Waals surface area contributed by atoms with Crippen LogP contribution >= 0.6 is 23.1 Å². The van der Waals surface area contributed by atoms with Crippen molar-refractivity contribution in [2.45, 2.75) is 4.34 Å². The van der Waals surface area contributed by atoms with Crippen LogP contribution in [-0.4, -0.2) is 66.3 Å². The van der Waals surface area contributed by atoms with E-state index >= 15 is 0 Å². The molecule has 156 valence electrons. The van der Waals surface area contributed by atoms with Gasteiger partial charge < -0.3 is 19.5 Å². The zero-order chi connectivity index (χ0) is 20.9. The third-order valence-corrected chi connectivity index (χ3v) is 6.78. The molecule has 2 aromatic carbocycles. The van der Waals surface area contributed by atoms with Crippen molar-refractivity contribution in [1.29, 1.82) is 0 Å². The van der Waals surface area contributed by atoms with Crippen LogP contribution in [0.3, 0.4) is 0 Å². The van der Waals surface area contributed by atoms with Crippen LogP contribution in [0.1, 0.15) is 5.56 Å². The molecule has 0 bridgehead atoms. The summed E-state index contributed by atoms with van der Waals surface area (Å²) in [6.07, 6.45) is 1.61. The number of aromatic hydroxyl groups is 1. The minimum Gasteiger partial charge on any atom is -0.504 e. The molecule has 0 spiro atoms. The number of fused-ring (bicyclic) bond motifs is 1. The van der Waals surface area contributed by atoms with Crippen molar-refractivity contribution in [1.82, 2.24) is 9.88 Å². The van der Waals surface area contributed by atoms with E-state index in [1.807, 2.05) is 23.1 Å². The number of rotatable bonds is 6. The lowest BCUT2D eigenvalue weighted by molar-refractivity contribution is -0.132. The Morgan fingerprint density at radius 3 is 3.00 bits per heavy atom. The average molecular weight is 444 g/mol. The van der Waals surface area contributed by atoms with Gasteiger partial charge in [0.25, 0.3) is 0 Å². The molecule has 1 amide bonds. The molecule has 1 aromatic heterocycles. The van der Waals surface area contributed by atoms with Crippen molar-refractivity contribution in [3.8, 4) is 11.5 Å². The van der Waals surface area contributed by atoms with E-state index in [1.54, 1.807) is 35.8 Å². The topological polar surface area (TPSA) is 84.3 Å². The molecule has 0 aliphatic carbocycles. The van der Waals surface area contributed by atoms with E-state index in [2.05, 4.69) is 9.98 Å². The number of benzene rings is 2. The van der Waals surface area contributed by atoms with Gasteiger partial charge in [0.05, 0.1) is 42.0 Å². The van der Waals surface area contributed by atoms with Crippen LogP contribution in [0.5, 0.6) is 11.5 Å². The molecule has 0 unspecified atom stereocenters. The number of nitrogens with zero attached hydrogens (tertiary/aromatic N) is 3. The van der Waals surface area contributed by atoms with Crippen molar-refractivity contribution in [2.24, 2.45) is 4.99 Å². The van der Waals surface area contributed by atoms with Gasteiger partial charge in [0.15, 0.2) is 15.8 Å². The average Bonchev–Trinajstić information content (AvgIpc) is 3.19. The van der Waals surface area contributed by atoms with E-state index in [0.29, 0.717) is 43.4 Å². The highest BCUT2D eigenvalue weighted by Gasteiger charge is 2.17. The first-order valence-corrected chi connectivity index (χ1v) is 11.2. The Balaban J connectivity index is 1.44. The largest absolute Gasteiger partial charge is 0.504 e. The zero-order valence-electron chi connectivity index (χ0n) is 16.4. The number of thioether (sulfide) groups is 1. The number of para-hydroxylation sites is 1. The first-order valence-electron chi connectivity index (χ1n) is 9.43. The first kappa shape index (κ1) is 20.6. The fraction of sp³-hybridized carbons (Fsp3) is 0.286. The molecule has 4 rings (SSSR count). The summed E-state index contributed by atoms with van der Waals surface area (Å²) < 4.78 is 12.3. The molecule has 3 aromatic rings. The standard InChI is InChI=1S/C21H21N3O4S2/c1-27-17-4-2-3-14(20(17)26)12-22-15-5-6-16-18(11-15)30-21(23-16)29-13-19(25)24-7-9-28-10-8-24/h2-6,11-12,26H,7-10,13H2,1H3. The number of hydrogen-bond donors (Lipinski definition) is 1. The van der Waals surface area contributed by atoms with E-state index in [9.17, 15) is 9.90 Å². The highest BCUT2D eigenvalue weighted by molar-refractivity contribution is 8.01. The molecule has 7 nitrogen and oxygen atoms in total. The Labute approximate surface area is 182 Å². The number of aliphatic imine (C=N–C) groups is 1. The van der Waals surface area contributed by atoms with Crippen LogP contribution in [0.25, 0.3) is 10.2 Å². The fourth-order valence-electron chi connectivity index (χ4n) is 3.01. The summed E-state index contributed by atoms with van der Waals surface area (Å²) in [5.41, 5.74) is 2.22. The molecule has 0 atom stereocenters. The second-order valence-corrected chi connectivity index (χ2v) is 8.82. The lowest BCUT2D eigenvalue weighted by Crippen LogP contribution is -2.41. The van der Waals surface area contributed by atoms with Crippen molar-refractivity contribution in [3.63, 3.8) is 0 Å². The summed E-state index contributed by atoms with van der Waals surface area (Å²) in [6, 6.07) is 11.0. The summed E-state index contributed by atoms with van der Waals surface area (Å²) in [4.78, 5) is 23.2. The van der Waals surface area contributed by atoms with Gasteiger partial charge in [-0.1, -0.05) is 17.8 Å². The van der Waals surface area contributed by atoms with E-state index in [0.717, 1.165) is 20.2 Å². The summed E-state index contributed by atoms with van der Waals surface area (Å²) >= 11 is 3.00. The number of carbonyl (C=O) groups is 1. The molecule has 1 fully saturated rings. The first-order chi connectivity index (χ1) is 14.6. The number of hydrogen-bond acceptors (Lipinski definition) is 8. The fourth-order valence-corrected chi connectivity index (χ4v) is 5.02. The lowest BCUT2D eigenvalue weighted by atomic mass is 10.2.